The van der Waals surface area contributed by atoms with Crippen LogP contribution in [0.4, 0.5) is 10.5 Å². The topological polar surface area (TPSA) is 75.9 Å². The van der Waals surface area contributed by atoms with Crippen molar-refractivity contribution >= 4 is 29.3 Å². The number of anilines is 1. The first-order valence-electron chi connectivity index (χ1n) is 11.0. The van der Waals surface area contributed by atoms with Gasteiger partial charge in [-0.1, -0.05) is 25.1 Å². The Hall–Kier alpha value is -3.61. The van der Waals surface area contributed by atoms with E-state index >= 15 is 0 Å². The molecule has 1 N–H and O–H groups in total. The predicted octanol–water partition coefficient (Wildman–Crippen LogP) is 4.98. The third-order valence-corrected chi connectivity index (χ3v) is 5.92. The minimum Gasteiger partial charge on any atom is -0.453 e. The Kier molecular flexibility index (Phi) is 6.54. The summed E-state index contributed by atoms with van der Waals surface area (Å²) in [6.07, 6.45) is 9.15. The molecular weight excluding hydrogens is 404 g/mol. The number of hydrogen-bond acceptors (Lipinski definition) is 4. The summed E-state index contributed by atoms with van der Waals surface area (Å²) < 4.78 is 6.49. The normalized spacial score (nSPS) is 16.4. The summed E-state index contributed by atoms with van der Waals surface area (Å²) in [5.41, 5.74) is 3.94. The van der Waals surface area contributed by atoms with E-state index in [1.165, 1.54) is 13.5 Å². The molecule has 0 bridgehead atoms. The molecule has 1 saturated heterocycles. The molecule has 1 unspecified atom stereocenters. The molecule has 1 fully saturated rings. The lowest BCUT2D eigenvalue weighted by molar-refractivity contribution is -0.129. The van der Waals surface area contributed by atoms with Gasteiger partial charge in [-0.15, -0.1) is 0 Å². The fourth-order valence-electron chi connectivity index (χ4n) is 4.27. The molecule has 0 radical (unpaired) electrons. The highest BCUT2D eigenvalue weighted by Gasteiger charge is 2.24. The highest BCUT2D eigenvalue weighted by Crippen LogP contribution is 2.29. The lowest BCUT2D eigenvalue weighted by Gasteiger charge is -2.34. The number of nitrogens with zero attached hydrogens (tertiary/aromatic N) is 3. The summed E-state index contributed by atoms with van der Waals surface area (Å²) in [6.45, 7) is 2.95. The number of ether oxygens (including phenoxy) is 1. The number of likely N-dealkylation sites (tertiary alicyclic amines) is 1. The van der Waals surface area contributed by atoms with Gasteiger partial charge in [0.2, 0.25) is 5.91 Å². The van der Waals surface area contributed by atoms with Gasteiger partial charge in [0.25, 0.3) is 0 Å². The van der Waals surface area contributed by atoms with Crippen LogP contribution in [-0.2, 0) is 9.53 Å². The summed E-state index contributed by atoms with van der Waals surface area (Å²) in [7, 11) is 1.33. The standard InChI is InChI=1S/C25H28N4O3/c1-3-20-11-4-6-15-28(20)23(30)14-13-21-22-12-5-7-16-29(22)27-24(21)18-9-8-10-19(17-18)26-25(31)32-2/h5,7-10,12-14,16-17,20H,3-4,6,11,15H2,1-2H3,(H,26,31)/b14-13+. The van der Waals surface area contributed by atoms with Crippen LogP contribution in [0.25, 0.3) is 22.9 Å². The third-order valence-electron chi connectivity index (χ3n) is 5.92. The quantitative estimate of drug-likeness (QED) is 0.577. The molecule has 2 aromatic heterocycles. The minimum absolute atomic E-state index is 0.0406. The first-order chi connectivity index (χ1) is 15.6. The van der Waals surface area contributed by atoms with Crippen molar-refractivity contribution in [2.75, 3.05) is 19.0 Å². The van der Waals surface area contributed by atoms with E-state index in [2.05, 4.69) is 17.0 Å². The Labute approximate surface area is 187 Å². The third kappa shape index (κ3) is 4.51. The van der Waals surface area contributed by atoms with E-state index in [1.54, 1.807) is 16.7 Å². The number of hydrogen-bond donors (Lipinski definition) is 1. The van der Waals surface area contributed by atoms with Crippen molar-refractivity contribution in [1.29, 1.82) is 0 Å². The van der Waals surface area contributed by atoms with Gasteiger partial charge in [-0.25, -0.2) is 9.31 Å². The fraction of sp³-hybridized carbons (Fsp3) is 0.320. The average Bonchev–Trinajstić information content (AvgIpc) is 3.21. The SMILES string of the molecule is CCC1CCCCN1C(=O)/C=C/c1c(-c2cccc(NC(=O)OC)c2)nn2ccccc12. The maximum absolute atomic E-state index is 13.0. The molecule has 7 heteroatoms. The van der Waals surface area contributed by atoms with E-state index in [0.29, 0.717) is 11.7 Å². The van der Waals surface area contributed by atoms with Crippen molar-refractivity contribution in [3.63, 3.8) is 0 Å². The number of carbonyl (C=O) groups is 2. The van der Waals surface area contributed by atoms with Crippen molar-refractivity contribution in [1.82, 2.24) is 14.5 Å². The number of amides is 2. The number of carbonyl (C=O) groups excluding carboxylic acids is 2. The molecule has 1 atom stereocenters. The molecular formula is C25H28N4O3. The van der Waals surface area contributed by atoms with Crippen LogP contribution in [0.1, 0.15) is 38.2 Å². The van der Waals surface area contributed by atoms with Crippen molar-refractivity contribution in [2.24, 2.45) is 0 Å². The van der Waals surface area contributed by atoms with Crippen LogP contribution in [0.2, 0.25) is 0 Å². The summed E-state index contributed by atoms with van der Waals surface area (Å²) in [6, 6.07) is 13.6. The number of aromatic nitrogens is 2. The maximum Gasteiger partial charge on any atom is 0.411 e. The first kappa shape index (κ1) is 21.6. The van der Waals surface area contributed by atoms with Crippen LogP contribution in [0.15, 0.2) is 54.7 Å². The van der Waals surface area contributed by atoms with Gasteiger partial charge in [0.15, 0.2) is 0 Å². The lowest BCUT2D eigenvalue weighted by atomic mass is 9.99. The van der Waals surface area contributed by atoms with Gasteiger partial charge in [-0.2, -0.15) is 5.10 Å². The van der Waals surface area contributed by atoms with Crippen LogP contribution >= 0.6 is 0 Å². The van der Waals surface area contributed by atoms with Gasteiger partial charge in [-0.3, -0.25) is 10.1 Å². The molecule has 4 rings (SSSR count). The van der Waals surface area contributed by atoms with E-state index < -0.39 is 6.09 Å². The van der Waals surface area contributed by atoms with Gasteiger partial charge in [0, 0.05) is 41.7 Å². The van der Waals surface area contributed by atoms with Crippen molar-refractivity contribution < 1.29 is 14.3 Å². The van der Waals surface area contributed by atoms with E-state index in [4.69, 9.17) is 5.10 Å². The zero-order valence-electron chi connectivity index (χ0n) is 18.5. The Morgan fingerprint density at radius 1 is 1.22 bits per heavy atom. The van der Waals surface area contributed by atoms with Crippen molar-refractivity contribution in [3.05, 3.63) is 60.3 Å². The minimum atomic E-state index is -0.533. The molecule has 32 heavy (non-hydrogen) atoms. The molecule has 3 heterocycles. The molecule has 1 aliphatic heterocycles. The monoisotopic (exact) mass is 432 g/mol. The number of piperidine rings is 1. The average molecular weight is 433 g/mol. The number of rotatable bonds is 5. The molecule has 2 amide bonds. The molecule has 3 aromatic rings. The molecule has 1 aromatic carbocycles. The van der Waals surface area contributed by atoms with Crippen LogP contribution in [0.5, 0.6) is 0 Å². The van der Waals surface area contributed by atoms with Crippen molar-refractivity contribution in [2.45, 2.75) is 38.6 Å². The molecule has 7 nitrogen and oxygen atoms in total. The zero-order valence-corrected chi connectivity index (χ0v) is 18.5. The molecule has 0 spiro atoms. The van der Waals surface area contributed by atoms with Crippen molar-refractivity contribution in [3.8, 4) is 11.3 Å². The molecule has 0 saturated carbocycles. The van der Waals surface area contributed by atoms with Gasteiger partial charge >= 0.3 is 6.09 Å². The van der Waals surface area contributed by atoms with Gasteiger partial charge < -0.3 is 9.64 Å². The number of benzene rings is 1. The van der Waals surface area contributed by atoms with Crippen LogP contribution in [0.3, 0.4) is 0 Å². The fourth-order valence-corrected chi connectivity index (χ4v) is 4.27. The molecule has 166 valence electrons. The highest BCUT2D eigenvalue weighted by atomic mass is 16.5. The Morgan fingerprint density at radius 3 is 2.91 bits per heavy atom. The molecule has 0 aliphatic carbocycles. The van der Waals surface area contributed by atoms with E-state index in [9.17, 15) is 9.59 Å². The molecule has 1 aliphatic rings. The van der Waals surface area contributed by atoms with E-state index in [-0.39, 0.29) is 5.91 Å². The zero-order chi connectivity index (χ0) is 22.5. The van der Waals surface area contributed by atoms with Gasteiger partial charge in [-0.05, 0) is 56.0 Å². The number of methoxy groups -OCH3 is 1. The summed E-state index contributed by atoms with van der Waals surface area (Å²) in [4.78, 5) is 26.6. The maximum atomic E-state index is 13.0. The highest BCUT2D eigenvalue weighted by molar-refractivity contribution is 5.95. The number of fused-ring (bicyclic) bond motifs is 1. The van der Waals surface area contributed by atoms with Gasteiger partial charge in [0.1, 0.15) is 5.69 Å². The van der Waals surface area contributed by atoms with Crippen LogP contribution < -0.4 is 5.32 Å². The predicted molar refractivity (Wildman–Crippen MR) is 125 cm³/mol. The van der Waals surface area contributed by atoms with E-state index in [0.717, 1.165) is 48.1 Å². The first-order valence-corrected chi connectivity index (χ1v) is 11.0. The van der Waals surface area contributed by atoms with Gasteiger partial charge in [0.05, 0.1) is 12.6 Å². The largest absolute Gasteiger partial charge is 0.453 e. The van der Waals surface area contributed by atoms with E-state index in [1.807, 2.05) is 53.6 Å². The van der Waals surface area contributed by atoms with Crippen LogP contribution in [0, 0.1) is 0 Å². The number of nitrogens with one attached hydrogen (secondary N) is 1. The number of pyridine rings is 1. The second-order valence-electron chi connectivity index (χ2n) is 7.91. The smallest absolute Gasteiger partial charge is 0.411 e. The Balaban J connectivity index is 1.70. The second kappa shape index (κ2) is 9.68. The second-order valence-corrected chi connectivity index (χ2v) is 7.91. The lowest BCUT2D eigenvalue weighted by Crippen LogP contribution is -2.42. The summed E-state index contributed by atoms with van der Waals surface area (Å²) >= 11 is 0. The van der Waals surface area contributed by atoms with Crippen LogP contribution in [-0.4, -0.2) is 46.2 Å². The Morgan fingerprint density at radius 2 is 2.09 bits per heavy atom. The summed E-state index contributed by atoms with van der Waals surface area (Å²) in [5, 5.41) is 7.43. The summed E-state index contributed by atoms with van der Waals surface area (Å²) in [5.74, 6) is 0.0406. The Bertz CT molecular complexity index is 1150.